The van der Waals surface area contributed by atoms with E-state index in [0.29, 0.717) is 4.90 Å². The van der Waals surface area contributed by atoms with Gasteiger partial charge in [-0.25, -0.2) is 4.39 Å². The Hall–Kier alpha value is -0.870. The van der Waals surface area contributed by atoms with Crippen LogP contribution in [-0.2, 0) is 0 Å². The summed E-state index contributed by atoms with van der Waals surface area (Å²) in [7, 11) is 0. The normalized spacial score (nSPS) is 10.2. The molecule has 0 spiro atoms. The van der Waals surface area contributed by atoms with Gasteiger partial charge in [-0.1, -0.05) is 6.07 Å². The molecule has 0 aliphatic carbocycles. The molecule has 0 atom stereocenters. The molecule has 1 rings (SSSR count). The lowest BCUT2D eigenvalue weighted by molar-refractivity contribution is 0.0978. The van der Waals surface area contributed by atoms with E-state index in [2.05, 4.69) is 0 Å². The van der Waals surface area contributed by atoms with Crippen LogP contribution in [0.5, 0.6) is 0 Å². The van der Waals surface area contributed by atoms with Crippen molar-refractivity contribution in [2.45, 2.75) is 11.3 Å². The van der Waals surface area contributed by atoms with Crippen LogP contribution in [0.2, 0.25) is 0 Å². The molecule has 0 aliphatic heterocycles. The first-order valence-electron chi connectivity index (χ1n) is 4.26. The maximum Gasteiger partial charge on any atom is 0.168 e. The average Bonchev–Trinajstić information content (AvgIpc) is 2.17. The Bertz CT molecular complexity index is 341. The molecular formula is C10H12FNOS. The van der Waals surface area contributed by atoms with E-state index in [-0.39, 0.29) is 24.3 Å². The Morgan fingerprint density at radius 3 is 2.86 bits per heavy atom. The molecule has 14 heavy (non-hydrogen) atoms. The van der Waals surface area contributed by atoms with Gasteiger partial charge in [-0.3, -0.25) is 4.79 Å². The summed E-state index contributed by atoms with van der Waals surface area (Å²) in [6.45, 7) is 0.251. The highest BCUT2D eigenvalue weighted by atomic mass is 32.2. The summed E-state index contributed by atoms with van der Waals surface area (Å²) in [4.78, 5) is 12.2. The monoisotopic (exact) mass is 213 g/mol. The molecule has 0 radical (unpaired) electrons. The van der Waals surface area contributed by atoms with Crippen molar-refractivity contribution in [3.05, 3.63) is 29.6 Å². The summed E-state index contributed by atoms with van der Waals surface area (Å²) in [5.74, 6) is -0.690. The summed E-state index contributed by atoms with van der Waals surface area (Å²) >= 11 is 1.36. The van der Waals surface area contributed by atoms with E-state index in [0.717, 1.165) is 0 Å². The molecule has 0 unspecified atom stereocenters. The molecule has 0 aliphatic rings. The summed E-state index contributed by atoms with van der Waals surface area (Å²) in [6.07, 6.45) is 2.00. The number of Topliss-reactive ketones (excluding diaryl/α,β-unsaturated/α-hetero) is 1. The van der Waals surface area contributed by atoms with Crippen molar-refractivity contribution in [1.29, 1.82) is 0 Å². The third-order valence-electron chi connectivity index (χ3n) is 1.85. The summed E-state index contributed by atoms with van der Waals surface area (Å²) in [6, 6.07) is 4.63. The molecule has 2 N–H and O–H groups in total. The highest BCUT2D eigenvalue weighted by Gasteiger charge is 2.14. The van der Waals surface area contributed by atoms with E-state index in [4.69, 9.17) is 5.73 Å². The molecule has 1 aromatic rings. The first-order chi connectivity index (χ1) is 6.70. The number of benzene rings is 1. The zero-order valence-electron chi connectivity index (χ0n) is 7.92. The zero-order valence-corrected chi connectivity index (χ0v) is 8.73. The highest BCUT2D eigenvalue weighted by molar-refractivity contribution is 7.98. The number of carbonyl (C=O) groups is 1. The Morgan fingerprint density at radius 1 is 1.57 bits per heavy atom. The maximum atomic E-state index is 13.3. The number of halogens is 1. The van der Waals surface area contributed by atoms with Gasteiger partial charge in [0.2, 0.25) is 0 Å². The van der Waals surface area contributed by atoms with Crippen molar-refractivity contribution in [3.63, 3.8) is 0 Å². The molecule has 4 heteroatoms. The number of ketones is 1. The highest BCUT2D eigenvalue weighted by Crippen LogP contribution is 2.23. The van der Waals surface area contributed by atoms with Crippen LogP contribution in [0.25, 0.3) is 0 Å². The van der Waals surface area contributed by atoms with E-state index in [1.807, 2.05) is 6.26 Å². The van der Waals surface area contributed by atoms with Gasteiger partial charge in [-0.05, 0) is 24.9 Å². The molecule has 0 saturated carbocycles. The van der Waals surface area contributed by atoms with Crippen molar-refractivity contribution in [1.82, 2.24) is 0 Å². The van der Waals surface area contributed by atoms with Crippen molar-refractivity contribution < 1.29 is 9.18 Å². The molecule has 0 heterocycles. The van der Waals surface area contributed by atoms with Crippen LogP contribution in [0.3, 0.4) is 0 Å². The van der Waals surface area contributed by atoms with Crippen LogP contribution in [0.15, 0.2) is 23.1 Å². The predicted octanol–water partition coefficient (Wildman–Crippen LogP) is 2.08. The number of rotatable bonds is 4. The lowest BCUT2D eigenvalue weighted by Crippen LogP contribution is -2.10. The number of hydrogen-bond acceptors (Lipinski definition) is 3. The third-order valence-corrected chi connectivity index (χ3v) is 2.63. The fourth-order valence-corrected chi connectivity index (χ4v) is 1.83. The Kier molecular flexibility index (Phi) is 4.10. The number of hydrogen-bond donors (Lipinski definition) is 1. The molecular weight excluding hydrogens is 201 g/mol. The molecule has 0 saturated heterocycles. The number of nitrogens with two attached hydrogens (primary N) is 1. The molecule has 0 amide bonds. The Balaban J connectivity index is 3.10. The second-order valence-corrected chi connectivity index (χ2v) is 3.63. The quantitative estimate of drug-likeness (QED) is 0.615. The second kappa shape index (κ2) is 5.12. The van der Waals surface area contributed by atoms with E-state index in [9.17, 15) is 9.18 Å². The van der Waals surface area contributed by atoms with Gasteiger partial charge in [-0.15, -0.1) is 11.8 Å². The zero-order chi connectivity index (χ0) is 10.6. The van der Waals surface area contributed by atoms with Crippen LogP contribution >= 0.6 is 11.8 Å². The standard InChI is InChI=1S/C10H12FNOS/c1-14-9-4-2-3-7(11)10(9)8(13)5-6-12/h2-4H,5-6,12H2,1H3. The minimum atomic E-state index is -0.463. The lowest BCUT2D eigenvalue weighted by Gasteiger charge is -2.06. The first kappa shape index (κ1) is 11.2. The van der Waals surface area contributed by atoms with Crippen molar-refractivity contribution in [2.24, 2.45) is 5.73 Å². The average molecular weight is 213 g/mol. The Morgan fingerprint density at radius 2 is 2.29 bits per heavy atom. The van der Waals surface area contributed by atoms with Crippen molar-refractivity contribution >= 4 is 17.5 Å². The van der Waals surface area contributed by atoms with Gasteiger partial charge < -0.3 is 5.73 Å². The third kappa shape index (κ3) is 2.33. The molecule has 0 bridgehead atoms. The van der Waals surface area contributed by atoms with Gasteiger partial charge in [-0.2, -0.15) is 0 Å². The topological polar surface area (TPSA) is 43.1 Å². The van der Waals surface area contributed by atoms with Gasteiger partial charge in [0.1, 0.15) is 5.82 Å². The van der Waals surface area contributed by atoms with E-state index >= 15 is 0 Å². The van der Waals surface area contributed by atoms with Crippen molar-refractivity contribution in [3.8, 4) is 0 Å². The van der Waals surface area contributed by atoms with Crippen LogP contribution in [0.4, 0.5) is 4.39 Å². The van der Waals surface area contributed by atoms with E-state index in [1.165, 1.54) is 17.8 Å². The van der Waals surface area contributed by atoms with Gasteiger partial charge in [0, 0.05) is 11.3 Å². The second-order valence-electron chi connectivity index (χ2n) is 2.78. The first-order valence-corrected chi connectivity index (χ1v) is 5.49. The maximum absolute atomic E-state index is 13.3. The van der Waals surface area contributed by atoms with E-state index < -0.39 is 5.82 Å². The molecule has 2 nitrogen and oxygen atoms in total. The number of thioether (sulfide) groups is 1. The largest absolute Gasteiger partial charge is 0.330 e. The van der Waals surface area contributed by atoms with Crippen LogP contribution < -0.4 is 5.73 Å². The van der Waals surface area contributed by atoms with Crippen molar-refractivity contribution in [2.75, 3.05) is 12.8 Å². The summed E-state index contributed by atoms with van der Waals surface area (Å²) in [5.41, 5.74) is 5.43. The predicted molar refractivity (Wildman–Crippen MR) is 56.2 cm³/mol. The minimum Gasteiger partial charge on any atom is -0.330 e. The molecule has 0 fully saturated rings. The molecule has 0 aromatic heterocycles. The van der Waals surface area contributed by atoms with Gasteiger partial charge in [0.15, 0.2) is 5.78 Å². The number of carbonyl (C=O) groups excluding carboxylic acids is 1. The van der Waals surface area contributed by atoms with Crippen LogP contribution in [0.1, 0.15) is 16.8 Å². The lowest BCUT2D eigenvalue weighted by atomic mass is 10.1. The molecule has 76 valence electrons. The smallest absolute Gasteiger partial charge is 0.168 e. The van der Waals surface area contributed by atoms with Gasteiger partial charge in [0.05, 0.1) is 5.56 Å². The minimum absolute atomic E-state index is 0.172. The van der Waals surface area contributed by atoms with Crippen LogP contribution in [0, 0.1) is 5.82 Å². The SMILES string of the molecule is CSc1cccc(F)c1C(=O)CCN. The fourth-order valence-electron chi connectivity index (χ4n) is 1.20. The van der Waals surface area contributed by atoms with Gasteiger partial charge in [0.25, 0.3) is 0 Å². The molecule has 1 aromatic carbocycles. The summed E-state index contributed by atoms with van der Waals surface area (Å²) < 4.78 is 13.3. The Labute approximate surface area is 86.7 Å². The van der Waals surface area contributed by atoms with Gasteiger partial charge >= 0.3 is 0 Å². The van der Waals surface area contributed by atoms with E-state index in [1.54, 1.807) is 12.1 Å². The van der Waals surface area contributed by atoms with Crippen LogP contribution in [-0.4, -0.2) is 18.6 Å². The fraction of sp³-hybridized carbons (Fsp3) is 0.300. The summed E-state index contributed by atoms with van der Waals surface area (Å²) in [5, 5.41) is 0.